The normalized spacial score (nSPS) is 11.3. The van der Waals surface area contributed by atoms with E-state index < -0.39 is 0 Å². The van der Waals surface area contributed by atoms with E-state index >= 15 is 0 Å². The van der Waals surface area contributed by atoms with Crippen molar-refractivity contribution in [3.8, 4) is 0 Å². The van der Waals surface area contributed by atoms with Crippen LogP contribution < -0.4 is 5.76 Å². The van der Waals surface area contributed by atoms with Crippen molar-refractivity contribution in [2.24, 2.45) is 0 Å². The number of pyridine rings is 1. The van der Waals surface area contributed by atoms with Crippen molar-refractivity contribution in [1.29, 1.82) is 0 Å². The average Bonchev–Trinajstić information content (AvgIpc) is 2.81. The summed E-state index contributed by atoms with van der Waals surface area (Å²) in [7, 11) is 2.04. The minimum atomic E-state index is -0.350. The third-order valence-electron chi connectivity index (χ3n) is 3.42. The summed E-state index contributed by atoms with van der Waals surface area (Å²) in [5.74, 6) is -0.350. The van der Waals surface area contributed by atoms with Gasteiger partial charge in [-0.2, -0.15) is 0 Å². The Morgan fingerprint density at radius 3 is 2.81 bits per heavy atom. The van der Waals surface area contributed by atoms with E-state index in [9.17, 15) is 4.79 Å². The first-order chi connectivity index (χ1) is 10.2. The molecule has 108 valence electrons. The van der Waals surface area contributed by atoms with Gasteiger partial charge in [0.1, 0.15) is 0 Å². The molecule has 1 aromatic carbocycles. The molecule has 0 amide bonds. The zero-order valence-corrected chi connectivity index (χ0v) is 11.9. The predicted octanol–water partition coefficient (Wildman–Crippen LogP) is 2.12. The van der Waals surface area contributed by atoms with E-state index in [1.807, 2.05) is 25.2 Å². The summed E-state index contributed by atoms with van der Waals surface area (Å²) in [4.78, 5) is 18.2. The number of nitrogens with zero attached hydrogens (tertiary/aromatic N) is 3. The summed E-state index contributed by atoms with van der Waals surface area (Å²) in [6.07, 6.45) is 1.67. The molecule has 0 bridgehead atoms. The molecule has 0 radical (unpaired) electrons. The quantitative estimate of drug-likeness (QED) is 0.719. The molecule has 0 unspecified atom stereocenters. The van der Waals surface area contributed by atoms with Gasteiger partial charge in [-0.1, -0.05) is 30.3 Å². The van der Waals surface area contributed by atoms with Gasteiger partial charge in [-0.25, -0.2) is 9.78 Å². The van der Waals surface area contributed by atoms with Gasteiger partial charge >= 0.3 is 5.76 Å². The molecule has 5 heteroatoms. The zero-order valence-electron chi connectivity index (χ0n) is 11.9. The van der Waals surface area contributed by atoms with Crippen LogP contribution in [0.1, 0.15) is 5.56 Å². The maximum absolute atomic E-state index is 11.8. The summed E-state index contributed by atoms with van der Waals surface area (Å²) in [5.41, 5.74) is 2.39. The number of fused-ring (bicyclic) bond motifs is 1. The Balaban J connectivity index is 1.69. The van der Waals surface area contributed by atoms with Crippen LogP contribution in [0.5, 0.6) is 0 Å². The second kappa shape index (κ2) is 5.93. The number of hydrogen-bond acceptors (Lipinski definition) is 4. The molecule has 0 saturated heterocycles. The summed E-state index contributed by atoms with van der Waals surface area (Å²) < 4.78 is 6.76. The molecule has 0 atom stereocenters. The lowest BCUT2D eigenvalue weighted by Gasteiger charge is -2.16. The lowest BCUT2D eigenvalue weighted by Crippen LogP contribution is -2.26. The molecular formula is C16H17N3O2. The van der Waals surface area contributed by atoms with Gasteiger partial charge in [0.15, 0.2) is 11.2 Å². The van der Waals surface area contributed by atoms with Gasteiger partial charge in [-0.3, -0.25) is 4.57 Å². The van der Waals surface area contributed by atoms with E-state index in [0.29, 0.717) is 17.8 Å². The third-order valence-corrected chi connectivity index (χ3v) is 3.42. The Hall–Kier alpha value is -2.40. The Morgan fingerprint density at radius 2 is 2.00 bits per heavy atom. The van der Waals surface area contributed by atoms with Crippen LogP contribution in [0, 0.1) is 0 Å². The Labute approximate surface area is 122 Å². The molecule has 5 nitrogen and oxygen atoms in total. The van der Waals surface area contributed by atoms with E-state index in [-0.39, 0.29) is 5.76 Å². The molecule has 0 aliphatic carbocycles. The minimum absolute atomic E-state index is 0.350. The zero-order chi connectivity index (χ0) is 14.7. The number of rotatable bonds is 5. The summed E-state index contributed by atoms with van der Waals surface area (Å²) in [6, 6.07) is 13.8. The van der Waals surface area contributed by atoms with E-state index in [0.717, 1.165) is 13.1 Å². The molecule has 3 rings (SSSR count). The molecular weight excluding hydrogens is 266 g/mol. The van der Waals surface area contributed by atoms with Crippen LogP contribution in [0.25, 0.3) is 11.2 Å². The predicted molar refractivity (Wildman–Crippen MR) is 81.0 cm³/mol. The van der Waals surface area contributed by atoms with Crippen molar-refractivity contribution in [2.75, 3.05) is 13.6 Å². The number of benzene rings is 1. The average molecular weight is 283 g/mol. The van der Waals surface area contributed by atoms with Gasteiger partial charge < -0.3 is 9.32 Å². The molecule has 2 aromatic heterocycles. The van der Waals surface area contributed by atoms with Gasteiger partial charge in [0.05, 0.1) is 0 Å². The number of hydrogen-bond donors (Lipinski definition) is 0. The second-order valence-corrected chi connectivity index (χ2v) is 5.07. The number of likely N-dealkylation sites (N-methyl/N-ethyl adjacent to an activating group) is 1. The van der Waals surface area contributed by atoms with Crippen LogP contribution in [0.15, 0.2) is 57.9 Å². The Morgan fingerprint density at radius 1 is 1.19 bits per heavy atom. The van der Waals surface area contributed by atoms with Crippen LogP contribution >= 0.6 is 0 Å². The fraction of sp³-hybridized carbons (Fsp3) is 0.250. The molecule has 0 N–H and O–H groups in total. The minimum Gasteiger partial charge on any atom is -0.406 e. The summed E-state index contributed by atoms with van der Waals surface area (Å²) >= 11 is 0. The van der Waals surface area contributed by atoms with Crippen LogP contribution in [-0.2, 0) is 13.1 Å². The second-order valence-electron chi connectivity index (χ2n) is 5.07. The highest BCUT2D eigenvalue weighted by atomic mass is 16.4. The van der Waals surface area contributed by atoms with Crippen LogP contribution in [-0.4, -0.2) is 28.0 Å². The molecule has 0 spiro atoms. The van der Waals surface area contributed by atoms with Gasteiger partial charge in [0, 0.05) is 25.8 Å². The van der Waals surface area contributed by atoms with E-state index in [4.69, 9.17) is 4.42 Å². The van der Waals surface area contributed by atoms with Crippen LogP contribution in [0.4, 0.5) is 0 Å². The molecule has 0 saturated carbocycles. The number of oxazole rings is 1. The van der Waals surface area contributed by atoms with Crippen molar-refractivity contribution in [1.82, 2.24) is 14.5 Å². The standard InChI is InChI=1S/C16H17N3O2/c1-18(12-13-6-3-2-4-7-13)10-11-19-15-14(21-16(19)20)8-5-9-17-15/h2-9H,10-12H2,1H3. The van der Waals surface area contributed by atoms with Gasteiger partial charge in [-0.15, -0.1) is 0 Å². The lowest BCUT2D eigenvalue weighted by molar-refractivity contribution is 0.307. The molecule has 0 aliphatic heterocycles. The fourth-order valence-corrected chi connectivity index (χ4v) is 2.34. The monoisotopic (exact) mass is 283 g/mol. The van der Waals surface area contributed by atoms with E-state index in [1.54, 1.807) is 22.9 Å². The maximum atomic E-state index is 11.8. The van der Waals surface area contributed by atoms with Gasteiger partial charge in [-0.05, 0) is 24.7 Å². The van der Waals surface area contributed by atoms with Crippen molar-refractivity contribution in [3.05, 3.63) is 64.8 Å². The highest BCUT2D eigenvalue weighted by Gasteiger charge is 2.10. The molecule has 0 aliphatic rings. The third kappa shape index (κ3) is 3.03. The highest BCUT2D eigenvalue weighted by Crippen LogP contribution is 2.09. The SMILES string of the molecule is CN(CCn1c(=O)oc2cccnc21)Cc1ccccc1. The van der Waals surface area contributed by atoms with Crippen molar-refractivity contribution >= 4 is 11.2 Å². The number of aromatic nitrogens is 2. The van der Waals surface area contributed by atoms with Gasteiger partial charge in [0.25, 0.3) is 0 Å². The molecule has 3 aromatic rings. The van der Waals surface area contributed by atoms with Crippen molar-refractivity contribution < 1.29 is 4.42 Å². The molecule has 21 heavy (non-hydrogen) atoms. The van der Waals surface area contributed by atoms with E-state index in [2.05, 4.69) is 22.0 Å². The summed E-state index contributed by atoms with van der Waals surface area (Å²) in [6.45, 7) is 2.16. The van der Waals surface area contributed by atoms with E-state index in [1.165, 1.54) is 5.56 Å². The topological polar surface area (TPSA) is 51.3 Å². The smallest absolute Gasteiger partial charge is 0.406 e. The molecule has 0 fully saturated rings. The van der Waals surface area contributed by atoms with Crippen molar-refractivity contribution in [3.63, 3.8) is 0 Å². The largest absolute Gasteiger partial charge is 0.421 e. The first-order valence-electron chi connectivity index (χ1n) is 6.91. The maximum Gasteiger partial charge on any atom is 0.421 e. The Kier molecular flexibility index (Phi) is 3.83. The lowest BCUT2D eigenvalue weighted by atomic mass is 10.2. The fourth-order valence-electron chi connectivity index (χ4n) is 2.34. The van der Waals surface area contributed by atoms with Crippen LogP contribution in [0.3, 0.4) is 0 Å². The first-order valence-corrected chi connectivity index (χ1v) is 6.91. The molecule has 2 heterocycles. The van der Waals surface area contributed by atoms with Crippen LogP contribution in [0.2, 0.25) is 0 Å². The summed E-state index contributed by atoms with van der Waals surface area (Å²) in [5, 5.41) is 0. The first kappa shape index (κ1) is 13.6. The van der Waals surface area contributed by atoms with Crippen molar-refractivity contribution in [2.45, 2.75) is 13.1 Å². The highest BCUT2D eigenvalue weighted by molar-refractivity contribution is 5.67. The van der Waals surface area contributed by atoms with Gasteiger partial charge in [0.2, 0.25) is 0 Å². The Bertz CT molecular complexity index is 777.